The maximum Gasteiger partial charge on any atom is 0.250 e. The molecular weight excluding hydrogens is 204 g/mol. The summed E-state index contributed by atoms with van der Waals surface area (Å²) in [5.74, 6) is -0.0279. The van der Waals surface area contributed by atoms with E-state index in [0.717, 1.165) is 0 Å². The molecule has 14 heavy (non-hydrogen) atoms. The van der Waals surface area contributed by atoms with Crippen molar-refractivity contribution in [3.8, 4) is 5.75 Å². The Kier molecular flexibility index (Phi) is 3.19. The van der Waals surface area contributed by atoms with Crippen molar-refractivity contribution in [2.24, 2.45) is 5.73 Å². The van der Waals surface area contributed by atoms with E-state index in [0.29, 0.717) is 22.0 Å². The molecule has 4 nitrogen and oxygen atoms in total. The van der Waals surface area contributed by atoms with Crippen LogP contribution in [0.1, 0.15) is 10.4 Å². The van der Waals surface area contributed by atoms with Crippen molar-refractivity contribution in [1.82, 2.24) is 0 Å². The number of halogens is 1. The molecule has 1 amide bonds. The van der Waals surface area contributed by atoms with Gasteiger partial charge in [0.05, 0.1) is 23.4 Å². The number of nitrogens with one attached hydrogen (secondary N) is 1. The van der Waals surface area contributed by atoms with Crippen LogP contribution in [0.2, 0.25) is 5.02 Å². The molecule has 3 N–H and O–H groups in total. The van der Waals surface area contributed by atoms with Crippen LogP contribution in [0.4, 0.5) is 5.69 Å². The molecule has 0 saturated carbocycles. The quantitative estimate of drug-likeness (QED) is 0.801. The van der Waals surface area contributed by atoms with E-state index in [1.807, 2.05) is 0 Å². The summed E-state index contributed by atoms with van der Waals surface area (Å²) in [7, 11) is 3.19. The Bertz CT molecular complexity index is 366. The molecule has 0 unspecified atom stereocenters. The van der Waals surface area contributed by atoms with Crippen molar-refractivity contribution < 1.29 is 9.53 Å². The highest BCUT2D eigenvalue weighted by atomic mass is 35.5. The van der Waals surface area contributed by atoms with Gasteiger partial charge in [0.1, 0.15) is 5.75 Å². The van der Waals surface area contributed by atoms with E-state index in [-0.39, 0.29) is 0 Å². The smallest absolute Gasteiger partial charge is 0.250 e. The lowest BCUT2D eigenvalue weighted by Gasteiger charge is -2.10. The predicted molar refractivity (Wildman–Crippen MR) is 56.1 cm³/mol. The lowest BCUT2D eigenvalue weighted by atomic mass is 10.1. The standard InChI is InChI=1S/C9H11ClN2O2/c1-12-7-4-8(14-2)6(10)3-5(7)9(11)13/h3-4,12H,1-2H3,(H2,11,13). The predicted octanol–water partition coefficient (Wildman–Crippen LogP) is 1.49. The maximum atomic E-state index is 11.0. The molecule has 0 atom stereocenters. The molecule has 0 aliphatic carbocycles. The summed E-state index contributed by atoms with van der Waals surface area (Å²) in [6, 6.07) is 3.11. The molecule has 1 rings (SSSR count). The monoisotopic (exact) mass is 214 g/mol. The molecule has 0 aliphatic heterocycles. The minimum Gasteiger partial charge on any atom is -0.495 e. The average molecular weight is 215 g/mol. The lowest BCUT2D eigenvalue weighted by Crippen LogP contribution is -2.13. The fraction of sp³-hybridized carbons (Fsp3) is 0.222. The minimum absolute atomic E-state index is 0.346. The normalized spacial score (nSPS) is 9.64. The molecular formula is C9H11ClN2O2. The van der Waals surface area contributed by atoms with E-state index in [1.165, 1.54) is 13.2 Å². The molecule has 76 valence electrons. The summed E-state index contributed by atoms with van der Waals surface area (Å²) in [4.78, 5) is 11.0. The van der Waals surface area contributed by atoms with Gasteiger partial charge in [-0.2, -0.15) is 0 Å². The molecule has 0 spiro atoms. The molecule has 0 bridgehead atoms. The van der Waals surface area contributed by atoms with Crippen molar-refractivity contribution in [3.05, 3.63) is 22.7 Å². The van der Waals surface area contributed by atoms with E-state index in [9.17, 15) is 4.79 Å². The Morgan fingerprint density at radius 1 is 1.57 bits per heavy atom. The molecule has 0 saturated heterocycles. The third-order valence-corrected chi connectivity index (χ3v) is 2.12. The van der Waals surface area contributed by atoms with Crippen LogP contribution in [0.15, 0.2) is 12.1 Å². The summed E-state index contributed by atoms with van der Waals surface area (Å²) in [6.45, 7) is 0. The Labute approximate surface area is 87.0 Å². The number of methoxy groups -OCH3 is 1. The Hall–Kier alpha value is -1.42. The van der Waals surface area contributed by atoms with Crippen molar-refractivity contribution >= 4 is 23.2 Å². The van der Waals surface area contributed by atoms with Gasteiger partial charge in [-0.05, 0) is 6.07 Å². The van der Waals surface area contributed by atoms with Gasteiger partial charge in [-0.3, -0.25) is 4.79 Å². The van der Waals surface area contributed by atoms with Gasteiger partial charge < -0.3 is 15.8 Å². The number of anilines is 1. The summed E-state index contributed by atoms with van der Waals surface area (Å²) >= 11 is 5.84. The van der Waals surface area contributed by atoms with Crippen molar-refractivity contribution in [2.45, 2.75) is 0 Å². The van der Waals surface area contributed by atoms with Gasteiger partial charge in [-0.25, -0.2) is 0 Å². The minimum atomic E-state index is -0.529. The van der Waals surface area contributed by atoms with Crippen molar-refractivity contribution in [2.75, 3.05) is 19.5 Å². The first-order valence-corrected chi connectivity index (χ1v) is 4.33. The van der Waals surface area contributed by atoms with Gasteiger partial charge in [0.2, 0.25) is 0 Å². The van der Waals surface area contributed by atoms with Gasteiger partial charge in [0.15, 0.2) is 0 Å². The molecule has 1 aromatic rings. The topological polar surface area (TPSA) is 64.3 Å². The second-order valence-corrected chi connectivity index (χ2v) is 3.05. The second-order valence-electron chi connectivity index (χ2n) is 2.65. The molecule has 1 aromatic carbocycles. The first kappa shape index (κ1) is 10.7. The zero-order valence-electron chi connectivity index (χ0n) is 7.93. The SMILES string of the molecule is CNc1cc(OC)c(Cl)cc1C(N)=O. The van der Waals surface area contributed by atoms with Crippen LogP contribution < -0.4 is 15.8 Å². The molecule has 0 radical (unpaired) electrons. The van der Waals surface area contributed by atoms with E-state index < -0.39 is 5.91 Å². The zero-order chi connectivity index (χ0) is 10.7. The average Bonchev–Trinajstić information content (AvgIpc) is 2.17. The third kappa shape index (κ3) is 1.90. The second kappa shape index (κ2) is 4.19. The number of hydrogen-bond acceptors (Lipinski definition) is 3. The van der Waals surface area contributed by atoms with Crippen LogP contribution in [0.5, 0.6) is 5.75 Å². The number of rotatable bonds is 3. The van der Waals surface area contributed by atoms with Crippen LogP contribution in [-0.4, -0.2) is 20.1 Å². The third-order valence-electron chi connectivity index (χ3n) is 1.83. The number of amides is 1. The van der Waals surface area contributed by atoms with Gasteiger partial charge >= 0.3 is 0 Å². The summed E-state index contributed by atoms with van der Waals surface area (Å²) < 4.78 is 5.00. The number of hydrogen-bond donors (Lipinski definition) is 2. The highest BCUT2D eigenvalue weighted by Gasteiger charge is 2.11. The van der Waals surface area contributed by atoms with Crippen LogP contribution in [-0.2, 0) is 0 Å². The zero-order valence-corrected chi connectivity index (χ0v) is 8.68. The largest absolute Gasteiger partial charge is 0.495 e. The molecule has 0 fully saturated rings. The molecule has 0 aromatic heterocycles. The van der Waals surface area contributed by atoms with Crippen molar-refractivity contribution in [1.29, 1.82) is 0 Å². The Morgan fingerprint density at radius 2 is 2.21 bits per heavy atom. The fourth-order valence-corrected chi connectivity index (χ4v) is 1.36. The Balaban J connectivity index is 3.31. The van der Waals surface area contributed by atoms with E-state index in [2.05, 4.69) is 5.32 Å². The molecule has 5 heteroatoms. The first-order chi connectivity index (χ1) is 6.60. The molecule has 0 heterocycles. The van der Waals surface area contributed by atoms with E-state index >= 15 is 0 Å². The van der Waals surface area contributed by atoms with Gasteiger partial charge in [0.25, 0.3) is 5.91 Å². The lowest BCUT2D eigenvalue weighted by molar-refractivity contribution is 0.100. The van der Waals surface area contributed by atoms with E-state index in [4.69, 9.17) is 22.1 Å². The van der Waals surface area contributed by atoms with Crippen LogP contribution in [0.3, 0.4) is 0 Å². The number of primary amides is 1. The highest BCUT2D eigenvalue weighted by molar-refractivity contribution is 6.32. The number of ether oxygens (including phenoxy) is 1. The van der Waals surface area contributed by atoms with Crippen molar-refractivity contribution in [3.63, 3.8) is 0 Å². The maximum absolute atomic E-state index is 11.0. The Morgan fingerprint density at radius 3 is 2.64 bits per heavy atom. The van der Waals surface area contributed by atoms with Gasteiger partial charge in [-0.15, -0.1) is 0 Å². The summed E-state index contributed by atoms with van der Waals surface area (Å²) in [5.41, 5.74) is 6.11. The van der Waals surface area contributed by atoms with Gasteiger partial charge in [0, 0.05) is 13.1 Å². The number of benzene rings is 1. The first-order valence-electron chi connectivity index (χ1n) is 3.95. The fourth-order valence-electron chi connectivity index (χ4n) is 1.12. The van der Waals surface area contributed by atoms with Gasteiger partial charge in [-0.1, -0.05) is 11.6 Å². The number of nitrogens with two attached hydrogens (primary N) is 1. The van der Waals surface area contributed by atoms with Crippen LogP contribution in [0.25, 0.3) is 0 Å². The summed E-state index contributed by atoms with van der Waals surface area (Å²) in [5, 5.41) is 3.20. The van der Waals surface area contributed by atoms with Crippen LogP contribution >= 0.6 is 11.6 Å². The highest BCUT2D eigenvalue weighted by Crippen LogP contribution is 2.30. The van der Waals surface area contributed by atoms with Crippen LogP contribution in [0, 0.1) is 0 Å². The number of carbonyl (C=O) groups excluding carboxylic acids is 1. The summed E-state index contributed by atoms with van der Waals surface area (Å²) in [6.07, 6.45) is 0. The van der Waals surface area contributed by atoms with E-state index in [1.54, 1.807) is 13.1 Å². The number of carbonyl (C=O) groups is 1. The molecule has 0 aliphatic rings.